The average molecular weight is 203 g/mol. The van der Waals surface area contributed by atoms with E-state index in [1.54, 1.807) is 0 Å². The predicted octanol–water partition coefficient (Wildman–Crippen LogP) is 1.57. The van der Waals surface area contributed by atoms with E-state index in [1.807, 2.05) is 18.2 Å². The molecule has 0 radical (unpaired) electrons. The van der Waals surface area contributed by atoms with Gasteiger partial charge in [0.25, 0.3) is 0 Å². The number of hydrogen-bond donors (Lipinski definition) is 2. The Morgan fingerprint density at radius 2 is 2.07 bits per heavy atom. The maximum atomic E-state index is 7.38. The van der Waals surface area contributed by atoms with Crippen LogP contribution < -0.4 is 5.73 Å². The maximum Gasteiger partial charge on any atom is 0.122 e. The third kappa shape index (κ3) is 2.57. The third-order valence-corrected chi connectivity index (χ3v) is 2.84. The van der Waals surface area contributed by atoms with Crippen LogP contribution in [0.5, 0.6) is 0 Å². The number of nitrogens with two attached hydrogens (primary N) is 1. The molecule has 0 unspecified atom stereocenters. The first-order chi connectivity index (χ1) is 7.25. The van der Waals surface area contributed by atoms with Crippen molar-refractivity contribution in [3.63, 3.8) is 0 Å². The zero-order valence-electron chi connectivity index (χ0n) is 8.87. The van der Waals surface area contributed by atoms with Gasteiger partial charge in [0.05, 0.1) is 0 Å². The van der Waals surface area contributed by atoms with Crippen LogP contribution in [0, 0.1) is 5.41 Å². The van der Waals surface area contributed by atoms with Crippen molar-refractivity contribution < 1.29 is 0 Å². The maximum absolute atomic E-state index is 7.38. The Hall–Kier alpha value is -1.35. The molecule has 2 rings (SSSR count). The molecule has 3 N–H and O–H groups in total. The molecule has 0 bridgehead atoms. The summed E-state index contributed by atoms with van der Waals surface area (Å²) < 4.78 is 0. The largest absolute Gasteiger partial charge is 0.384 e. The Bertz CT molecular complexity index is 354. The van der Waals surface area contributed by atoms with E-state index >= 15 is 0 Å². The van der Waals surface area contributed by atoms with Gasteiger partial charge in [-0.1, -0.05) is 18.2 Å². The first-order valence-electron chi connectivity index (χ1n) is 5.41. The quantitative estimate of drug-likeness (QED) is 0.578. The zero-order valence-corrected chi connectivity index (χ0v) is 8.87. The van der Waals surface area contributed by atoms with Crippen molar-refractivity contribution >= 4 is 5.84 Å². The number of nitrogen functional groups attached to an aromatic ring is 1. The van der Waals surface area contributed by atoms with E-state index in [-0.39, 0.29) is 5.84 Å². The number of rotatable bonds is 3. The van der Waals surface area contributed by atoms with Gasteiger partial charge in [-0.05, 0) is 37.6 Å². The Labute approximate surface area is 90.4 Å². The highest BCUT2D eigenvalue weighted by atomic mass is 15.1. The predicted molar refractivity (Wildman–Crippen MR) is 62.0 cm³/mol. The SMILES string of the molecule is N=C(N)c1cccc(CN2CCCC2)c1. The molecule has 1 heterocycles. The molecule has 3 nitrogen and oxygen atoms in total. The van der Waals surface area contributed by atoms with Crippen molar-refractivity contribution in [2.75, 3.05) is 13.1 Å². The molecule has 0 atom stereocenters. The van der Waals surface area contributed by atoms with Crippen molar-refractivity contribution in [1.29, 1.82) is 5.41 Å². The summed E-state index contributed by atoms with van der Waals surface area (Å²) in [6.45, 7) is 3.38. The molecular formula is C12H17N3. The van der Waals surface area contributed by atoms with Crippen molar-refractivity contribution in [2.24, 2.45) is 5.73 Å². The van der Waals surface area contributed by atoms with Crippen LogP contribution in [-0.4, -0.2) is 23.8 Å². The fourth-order valence-corrected chi connectivity index (χ4v) is 2.04. The van der Waals surface area contributed by atoms with Gasteiger partial charge in [0, 0.05) is 12.1 Å². The van der Waals surface area contributed by atoms with Crippen LogP contribution in [0.1, 0.15) is 24.0 Å². The number of nitrogens with one attached hydrogen (secondary N) is 1. The summed E-state index contributed by atoms with van der Waals surface area (Å²) in [5.74, 6) is 0.151. The van der Waals surface area contributed by atoms with Gasteiger partial charge < -0.3 is 5.73 Å². The van der Waals surface area contributed by atoms with Crippen molar-refractivity contribution in [3.05, 3.63) is 35.4 Å². The summed E-state index contributed by atoms with van der Waals surface area (Å²) >= 11 is 0. The van der Waals surface area contributed by atoms with Gasteiger partial charge in [0.2, 0.25) is 0 Å². The molecule has 15 heavy (non-hydrogen) atoms. The van der Waals surface area contributed by atoms with Crippen LogP contribution in [0.2, 0.25) is 0 Å². The number of benzene rings is 1. The lowest BCUT2D eigenvalue weighted by Crippen LogP contribution is -2.19. The molecule has 0 aliphatic carbocycles. The summed E-state index contributed by atoms with van der Waals surface area (Å²) in [7, 11) is 0. The van der Waals surface area contributed by atoms with Crippen LogP contribution in [0.3, 0.4) is 0 Å². The smallest absolute Gasteiger partial charge is 0.122 e. The number of likely N-dealkylation sites (tertiary alicyclic amines) is 1. The number of hydrogen-bond acceptors (Lipinski definition) is 2. The lowest BCUT2D eigenvalue weighted by atomic mass is 10.1. The Morgan fingerprint density at radius 3 is 2.73 bits per heavy atom. The molecular weight excluding hydrogens is 186 g/mol. The molecule has 1 aromatic rings. The van der Waals surface area contributed by atoms with Gasteiger partial charge in [0.15, 0.2) is 0 Å². The summed E-state index contributed by atoms with van der Waals surface area (Å²) in [5, 5.41) is 7.38. The highest BCUT2D eigenvalue weighted by molar-refractivity contribution is 5.95. The number of nitrogens with zero attached hydrogens (tertiary/aromatic N) is 1. The fraction of sp³-hybridized carbons (Fsp3) is 0.417. The second kappa shape index (κ2) is 4.45. The van der Waals surface area contributed by atoms with Gasteiger partial charge >= 0.3 is 0 Å². The minimum Gasteiger partial charge on any atom is -0.384 e. The highest BCUT2D eigenvalue weighted by Gasteiger charge is 2.11. The van der Waals surface area contributed by atoms with Gasteiger partial charge in [-0.25, -0.2) is 0 Å². The molecule has 1 aliphatic rings. The minimum atomic E-state index is 0.151. The minimum absolute atomic E-state index is 0.151. The molecule has 3 heteroatoms. The molecule has 0 saturated carbocycles. The lowest BCUT2D eigenvalue weighted by molar-refractivity contribution is 0.331. The Morgan fingerprint density at radius 1 is 1.33 bits per heavy atom. The van der Waals surface area contributed by atoms with Gasteiger partial charge in [0.1, 0.15) is 5.84 Å². The summed E-state index contributed by atoms with van der Waals surface area (Å²) in [5.41, 5.74) is 7.54. The van der Waals surface area contributed by atoms with Crippen molar-refractivity contribution in [2.45, 2.75) is 19.4 Å². The molecule has 1 aromatic carbocycles. The fourth-order valence-electron chi connectivity index (χ4n) is 2.04. The Balaban J connectivity index is 2.07. The zero-order chi connectivity index (χ0) is 10.7. The van der Waals surface area contributed by atoms with E-state index in [9.17, 15) is 0 Å². The second-order valence-corrected chi connectivity index (χ2v) is 4.10. The second-order valence-electron chi connectivity index (χ2n) is 4.10. The van der Waals surface area contributed by atoms with E-state index < -0.39 is 0 Å². The van der Waals surface area contributed by atoms with Crippen molar-refractivity contribution in [3.8, 4) is 0 Å². The first-order valence-corrected chi connectivity index (χ1v) is 5.41. The Kier molecular flexibility index (Phi) is 3.02. The van der Waals surface area contributed by atoms with Crippen LogP contribution in [0.15, 0.2) is 24.3 Å². The molecule has 0 spiro atoms. The molecule has 0 aromatic heterocycles. The molecule has 1 aliphatic heterocycles. The van der Waals surface area contributed by atoms with Gasteiger partial charge in [-0.3, -0.25) is 10.3 Å². The molecule has 1 saturated heterocycles. The van der Waals surface area contributed by atoms with Gasteiger partial charge in [-0.15, -0.1) is 0 Å². The van der Waals surface area contributed by atoms with Crippen LogP contribution in [0.4, 0.5) is 0 Å². The molecule has 1 fully saturated rings. The summed E-state index contributed by atoms with van der Waals surface area (Å²) in [6, 6.07) is 7.98. The summed E-state index contributed by atoms with van der Waals surface area (Å²) in [6.07, 6.45) is 2.62. The van der Waals surface area contributed by atoms with Crippen LogP contribution in [-0.2, 0) is 6.54 Å². The number of amidine groups is 1. The normalized spacial score (nSPS) is 16.8. The third-order valence-electron chi connectivity index (χ3n) is 2.84. The molecule has 0 amide bonds. The van der Waals surface area contributed by atoms with E-state index in [0.717, 1.165) is 12.1 Å². The van der Waals surface area contributed by atoms with Gasteiger partial charge in [-0.2, -0.15) is 0 Å². The first kappa shape index (κ1) is 10.2. The lowest BCUT2D eigenvalue weighted by Gasteiger charge is -2.14. The monoisotopic (exact) mass is 203 g/mol. The topological polar surface area (TPSA) is 53.1 Å². The van der Waals surface area contributed by atoms with Crippen LogP contribution in [0.25, 0.3) is 0 Å². The van der Waals surface area contributed by atoms with E-state index in [2.05, 4.69) is 11.0 Å². The van der Waals surface area contributed by atoms with Crippen LogP contribution >= 0.6 is 0 Å². The standard InChI is InChI=1S/C12H17N3/c13-12(14)11-5-3-4-10(8-11)9-15-6-1-2-7-15/h3-5,8H,1-2,6-7,9H2,(H3,13,14). The highest BCUT2D eigenvalue weighted by Crippen LogP contribution is 2.13. The van der Waals surface area contributed by atoms with E-state index in [1.165, 1.54) is 31.5 Å². The average Bonchev–Trinajstić information content (AvgIpc) is 2.71. The van der Waals surface area contributed by atoms with E-state index in [0.29, 0.717) is 0 Å². The summed E-state index contributed by atoms with van der Waals surface area (Å²) in [4.78, 5) is 2.44. The molecule has 80 valence electrons. The van der Waals surface area contributed by atoms with E-state index in [4.69, 9.17) is 11.1 Å². The van der Waals surface area contributed by atoms with Crippen molar-refractivity contribution in [1.82, 2.24) is 4.90 Å².